The molecular formula is C16H17N3O3. The summed E-state index contributed by atoms with van der Waals surface area (Å²) in [6.45, 7) is 1.12. The summed E-state index contributed by atoms with van der Waals surface area (Å²) < 4.78 is 10.5. The van der Waals surface area contributed by atoms with Crippen LogP contribution in [0.4, 0.5) is 0 Å². The molecule has 0 unspecified atom stereocenters. The summed E-state index contributed by atoms with van der Waals surface area (Å²) >= 11 is 0. The molecule has 0 saturated heterocycles. The Balaban J connectivity index is 1.71. The number of carbonyl (C=O) groups excluding carboxylic acids is 1. The Morgan fingerprint density at radius 2 is 2.05 bits per heavy atom. The molecule has 0 fully saturated rings. The van der Waals surface area contributed by atoms with Crippen LogP contribution in [0, 0.1) is 0 Å². The van der Waals surface area contributed by atoms with Crippen molar-refractivity contribution in [2.24, 2.45) is 0 Å². The quantitative estimate of drug-likeness (QED) is 0.857. The van der Waals surface area contributed by atoms with Crippen LogP contribution in [0.1, 0.15) is 16.8 Å². The molecular weight excluding hydrogens is 282 g/mol. The summed E-state index contributed by atoms with van der Waals surface area (Å²) in [6.07, 6.45) is 3.61. The second kappa shape index (κ2) is 6.01. The van der Waals surface area contributed by atoms with Crippen molar-refractivity contribution >= 4 is 5.91 Å². The van der Waals surface area contributed by atoms with Crippen LogP contribution in [0.3, 0.4) is 0 Å². The molecule has 1 aliphatic heterocycles. The van der Waals surface area contributed by atoms with Crippen molar-refractivity contribution in [3.8, 4) is 11.5 Å². The van der Waals surface area contributed by atoms with E-state index in [0.717, 1.165) is 16.8 Å². The molecule has 0 radical (unpaired) electrons. The summed E-state index contributed by atoms with van der Waals surface area (Å²) in [4.78, 5) is 22.4. The molecule has 1 amide bonds. The van der Waals surface area contributed by atoms with E-state index in [-0.39, 0.29) is 5.91 Å². The number of aromatic nitrogens is 2. The highest BCUT2D eigenvalue weighted by atomic mass is 16.5. The average Bonchev–Trinajstić information content (AvgIpc) is 2.99. The summed E-state index contributed by atoms with van der Waals surface area (Å²) in [7, 11) is 3.17. The van der Waals surface area contributed by atoms with Crippen LogP contribution in [0.25, 0.3) is 0 Å². The summed E-state index contributed by atoms with van der Waals surface area (Å²) in [5.41, 5.74) is 2.84. The van der Waals surface area contributed by atoms with Crippen LogP contribution in [0.5, 0.6) is 11.5 Å². The van der Waals surface area contributed by atoms with E-state index in [9.17, 15) is 4.79 Å². The van der Waals surface area contributed by atoms with Crippen molar-refractivity contribution in [2.75, 3.05) is 14.2 Å². The predicted octanol–water partition coefficient (Wildman–Crippen LogP) is 1.58. The Hall–Kier alpha value is -2.63. The van der Waals surface area contributed by atoms with Crippen molar-refractivity contribution in [1.29, 1.82) is 0 Å². The number of ether oxygens (including phenoxy) is 2. The Labute approximate surface area is 128 Å². The second-order valence-corrected chi connectivity index (χ2v) is 5.11. The van der Waals surface area contributed by atoms with E-state index in [1.807, 2.05) is 18.2 Å². The summed E-state index contributed by atoms with van der Waals surface area (Å²) in [6, 6.07) is 5.52. The Morgan fingerprint density at radius 3 is 2.77 bits per heavy atom. The van der Waals surface area contributed by atoms with Crippen LogP contribution < -0.4 is 9.47 Å². The van der Waals surface area contributed by atoms with E-state index in [1.54, 1.807) is 25.3 Å². The minimum atomic E-state index is 0.0604. The summed E-state index contributed by atoms with van der Waals surface area (Å²) in [5.74, 6) is 1.34. The highest BCUT2D eigenvalue weighted by molar-refractivity contribution is 5.79. The van der Waals surface area contributed by atoms with Gasteiger partial charge in [-0.05, 0) is 17.7 Å². The lowest BCUT2D eigenvalue weighted by Crippen LogP contribution is -2.27. The van der Waals surface area contributed by atoms with Crippen LogP contribution in [-0.2, 0) is 24.3 Å². The third-order valence-electron chi connectivity index (χ3n) is 3.74. The number of nitrogens with zero attached hydrogens (tertiary/aromatic N) is 3. The monoisotopic (exact) mass is 299 g/mol. The van der Waals surface area contributed by atoms with E-state index >= 15 is 0 Å². The number of hydrogen-bond acceptors (Lipinski definition) is 5. The van der Waals surface area contributed by atoms with Crippen LogP contribution in [-0.4, -0.2) is 35.0 Å². The lowest BCUT2D eigenvalue weighted by Gasteiger charge is -2.15. The molecule has 22 heavy (non-hydrogen) atoms. The SMILES string of the molecule is COc1ccc(CC(=O)N2Cc3cncnc3C2)cc1OC. The van der Waals surface area contributed by atoms with Gasteiger partial charge in [0.15, 0.2) is 11.5 Å². The Bertz CT molecular complexity index is 678. The third-order valence-corrected chi connectivity index (χ3v) is 3.74. The number of benzene rings is 1. The zero-order valence-corrected chi connectivity index (χ0v) is 12.6. The van der Waals surface area contributed by atoms with Gasteiger partial charge in [-0.25, -0.2) is 9.97 Å². The first kappa shape index (κ1) is 14.3. The number of carbonyl (C=O) groups is 1. The fourth-order valence-corrected chi connectivity index (χ4v) is 2.55. The summed E-state index contributed by atoms with van der Waals surface area (Å²) in [5, 5.41) is 0. The van der Waals surface area contributed by atoms with Gasteiger partial charge in [0.25, 0.3) is 0 Å². The number of hydrogen-bond donors (Lipinski definition) is 0. The van der Waals surface area contributed by atoms with Crippen LogP contribution in [0.2, 0.25) is 0 Å². The van der Waals surface area contributed by atoms with Crippen LogP contribution in [0.15, 0.2) is 30.7 Å². The molecule has 3 rings (SSSR count). The minimum Gasteiger partial charge on any atom is -0.493 e. The first-order chi connectivity index (χ1) is 10.7. The molecule has 6 nitrogen and oxygen atoms in total. The Morgan fingerprint density at radius 1 is 1.23 bits per heavy atom. The zero-order valence-electron chi connectivity index (χ0n) is 12.6. The number of fused-ring (bicyclic) bond motifs is 1. The maximum Gasteiger partial charge on any atom is 0.227 e. The Kier molecular flexibility index (Phi) is 3.91. The van der Waals surface area contributed by atoms with Gasteiger partial charge in [-0.15, -0.1) is 0 Å². The van der Waals surface area contributed by atoms with Gasteiger partial charge in [-0.1, -0.05) is 6.07 Å². The molecule has 2 aromatic rings. The van der Waals surface area contributed by atoms with Crippen molar-refractivity contribution < 1.29 is 14.3 Å². The van der Waals surface area contributed by atoms with Gasteiger partial charge in [0.2, 0.25) is 5.91 Å². The fraction of sp³-hybridized carbons (Fsp3) is 0.312. The largest absolute Gasteiger partial charge is 0.493 e. The van der Waals surface area contributed by atoms with Crippen molar-refractivity contribution in [2.45, 2.75) is 19.5 Å². The molecule has 2 heterocycles. The van der Waals surface area contributed by atoms with Gasteiger partial charge in [0.1, 0.15) is 6.33 Å². The predicted molar refractivity (Wildman–Crippen MR) is 79.5 cm³/mol. The lowest BCUT2D eigenvalue weighted by atomic mass is 10.1. The van der Waals surface area contributed by atoms with Gasteiger partial charge >= 0.3 is 0 Å². The van der Waals surface area contributed by atoms with Crippen LogP contribution >= 0.6 is 0 Å². The molecule has 0 bridgehead atoms. The number of amides is 1. The standard InChI is InChI=1S/C16H17N3O3/c1-21-14-4-3-11(5-15(14)22-2)6-16(20)19-8-12-7-17-10-18-13(12)9-19/h3-5,7,10H,6,8-9H2,1-2H3. The highest BCUT2D eigenvalue weighted by Gasteiger charge is 2.24. The van der Waals surface area contributed by atoms with Crippen molar-refractivity contribution in [3.63, 3.8) is 0 Å². The molecule has 6 heteroatoms. The van der Waals surface area contributed by atoms with Crippen molar-refractivity contribution in [1.82, 2.24) is 14.9 Å². The first-order valence-corrected chi connectivity index (χ1v) is 6.97. The maximum atomic E-state index is 12.4. The van der Waals surface area contributed by atoms with E-state index in [1.165, 1.54) is 6.33 Å². The minimum absolute atomic E-state index is 0.0604. The maximum absolute atomic E-state index is 12.4. The third kappa shape index (κ3) is 2.72. The lowest BCUT2D eigenvalue weighted by molar-refractivity contribution is -0.131. The van der Waals surface area contributed by atoms with Gasteiger partial charge < -0.3 is 14.4 Å². The molecule has 1 aromatic carbocycles. The average molecular weight is 299 g/mol. The van der Waals surface area contributed by atoms with Gasteiger partial charge in [-0.3, -0.25) is 4.79 Å². The van der Waals surface area contributed by atoms with Gasteiger partial charge in [0, 0.05) is 18.3 Å². The molecule has 1 aliphatic rings. The molecule has 1 aromatic heterocycles. The highest BCUT2D eigenvalue weighted by Crippen LogP contribution is 2.28. The fourth-order valence-electron chi connectivity index (χ4n) is 2.55. The first-order valence-electron chi connectivity index (χ1n) is 6.97. The smallest absolute Gasteiger partial charge is 0.227 e. The topological polar surface area (TPSA) is 64.5 Å². The van der Waals surface area contributed by atoms with Gasteiger partial charge in [-0.2, -0.15) is 0 Å². The molecule has 0 atom stereocenters. The van der Waals surface area contributed by atoms with E-state index in [0.29, 0.717) is 31.0 Å². The molecule has 0 spiro atoms. The molecule has 0 N–H and O–H groups in total. The molecule has 0 saturated carbocycles. The van der Waals surface area contributed by atoms with E-state index in [4.69, 9.17) is 9.47 Å². The number of rotatable bonds is 4. The van der Waals surface area contributed by atoms with Crippen molar-refractivity contribution in [3.05, 3.63) is 47.5 Å². The second-order valence-electron chi connectivity index (χ2n) is 5.11. The normalized spacial score (nSPS) is 12.9. The van der Waals surface area contributed by atoms with E-state index < -0.39 is 0 Å². The molecule has 114 valence electrons. The van der Waals surface area contributed by atoms with Gasteiger partial charge in [0.05, 0.1) is 32.9 Å². The molecule has 0 aliphatic carbocycles. The van der Waals surface area contributed by atoms with E-state index in [2.05, 4.69) is 9.97 Å². The zero-order chi connectivity index (χ0) is 15.5. The number of methoxy groups -OCH3 is 2.